The zero-order chi connectivity index (χ0) is 33.8. The van der Waals surface area contributed by atoms with Gasteiger partial charge in [0.15, 0.2) is 0 Å². The summed E-state index contributed by atoms with van der Waals surface area (Å²) in [5.74, 6) is 1.45. The van der Waals surface area contributed by atoms with Gasteiger partial charge in [-0.3, -0.25) is 0 Å². The molecule has 0 radical (unpaired) electrons. The molecule has 0 unspecified atom stereocenters. The van der Waals surface area contributed by atoms with E-state index in [1.165, 1.54) is 5.56 Å². The van der Waals surface area contributed by atoms with E-state index in [-0.39, 0.29) is 31.7 Å². The number of hydrogen-bond donors (Lipinski definition) is 0. The number of ether oxygens (including phenoxy) is 2. The van der Waals surface area contributed by atoms with Crippen molar-refractivity contribution in [3.63, 3.8) is 0 Å². The average molecular weight is 751 g/mol. The Hall–Kier alpha value is -4.91. The van der Waals surface area contributed by atoms with Gasteiger partial charge in [0.25, 0.3) is 0 Å². The van der Waals surface area contributed by atoms with E-state index < -0.39 is 11.7 Å². The molecule has 0 atom stereocenters. The van der Waals surface area contributed by atoms with Gasteiger partial charge >= 0.3 is 26.6 Å². The number of benzene rings is 4. The van der Waals surface area contributed by atoms with Crippen LogP contribution < -0.4 is 9.47 Å². The number of aryl methyl sites for hydroxylation is 1. The van der Waals surface area contributed by atoms with Crippen LogP contribution in [0.25, 0.3) is 44.4 Å². The van der Waals surface area contributed by atoms with Crippen LogP contribution in [0.1, 0.15) is 37.6 Å². The van der Waals surface area contributed by atoms with Crippen LogP contribution >= 0.6 is 0 Å². The van der Waals surface area contributed by atoms with Gasteiger partial charge in [0, 0.05) is 23.2 Å². The third kappa shape index (κ3) is 6.34. The molecule has 49 heavy (non-hydrogen) atoms. The van der Waals surface area contributed by atoms with E-state index in [0.29, 0.717) is 34.1 Å². The average Bonchev–Trinajstić information content (AvgIpc) is 3.58. The van der Waals surface area contributed by atoms with Crippen LogP contribution in [0.4, 0.5) is 13.2 Å². The Bertz CT molecular complexity index is 2300. The topological polar surface area (TPSA) is 54.1 Å². The smallest absolute Gasteiger partial charge is 0.509 e. The molecule has 7 aromatic rings. The molecule has 7 rings (SSSR count). The summed E-state index contributed by atoms with van der Waals surface area (Å²) < 4.78 is 56.4. The number of methoxy groups -OCH3 is 1. The van der Waals surface area contributed by atoms with Gasteiger partial charge in [0.05, 0.1) is 23.9 Å². The van der Waals surface area contributed by atoms with Crippen LogP contribution in [-0.4, -0.2) is 26.4 Å². The van der Waals surface area contributed by atoms with Crippen molar-refractivity contribution in [2.24, 2.45) is 0 Å². The Morgan fingerprint density at radius 2 is 1.51 bits per heavy atom. The van der Waals surface area contributed by atoms with Gasteiger partial charge < -0.3 is 14.0 Å². The Balaban J connectivity index is 0.00000417. The molecule has 0 aliphatic carbocycles. The van der Waals surface area contributed by atoms with Gasteiger partial charge in [-0.2, -0.15) is 30.4 Å². The second kappa shape index (κ2) is 12.8. The van der Waals surface area contributed by atoms with Gasteiger partial charge in [-0.05, 0) is 52.7 Å². The second-order valence-electron chi connectivity index (χ2n) is 12.5. The standard InChI is InChI=1S/C39H31F3N4O2.Pd/c1-24-36(25-13-15-26(16-14-25)38(2,3)4)37(47-5)46(44-24)28-9-8-10-29(22-28)48-30-17-18-32-31-11-6-7-12-33(31)45(34(32)23-30)35-21-27(19-20-43-35)39(40,41)42;/h6-21H,1-5H3;/q-2;+2. The molecule has 0 aliphatic rings. The molecular formula is C39H31F3N4O2Pd. The second-order valence-corrected chi connectivity index (χ2v) is 12.5. The van der Waals surface area contributed by atoms with Crippen molar-refractivity contribution in [1.82, 2.24) is 19.3 Å². The molecule has 0 aliphatic heterocycles. The van der Waals surface area contributed by atoms with E-state index >= 15 is 0 Å². The summed E-state index contributed by atoms with van der Waals surface area (Å²) >= 11 is 0. The first kappa shape index (κ1) is 34.0. The van der Waals surface area contributed by atoms with Crippen molar-refractivity contribution in [2.45, 2.75) is 39.3 Å². The van der Waals surface area contributed by atoms with Crippen molar-refractivity contribution in [1.29, 1.82) is 0 Å². The molecule has 0 saturated carbocycles. The molecular weight excluding hydrogens is 720 g/mol. The molecule has 6 nitrogen and oxygen atoms in total. The summed E-state index contributed by atoms with van der Waals surface area (Å²) in [5.41, 5.74) is 4.98. The Morgan fingerprint density at radius 3 is 2.22 bits per heavy atom. The first-order valence-electron chi connectivity index (χ1n) is 15.4. The molecule has 0 saturated heterocycles. The monoisotopic (exact) mass is 750 g/mol. The zero-order valence-electron chi connectivity index (χ0n) is 27.3. The van der Waals surface area contributed by atoms with Crippen LogP contribution in [0.5, 0.6) is 17.4 Å². The molecule has 0 N–H and O–H groups in total. The van der Waals surface area contributed by atoms with E-state index in [1.807, 2.05) is 49.4 Å². The predicted octanol–water partition coefficient (Wildman–Crippen LogP) is 10.1. The minimum absolute atomic E-state index is 0. The van der Waals surface area contributed by atoms with Crippen molar-refractivity contribution in [2.75, 3.05) is 7.11 Å². The Morgan fingerprint density at radius 1 is 0.776 bits per heavy atom. The zero-order valence-corrected chi connectivity index (χ0v) is 28.8. The maximum absolute atomic E-state index is 13.6. The number of fused-ring (bicyclic) bond motifs is 3. The SMILES string of the molecule is COc1c(-c2ccc(C(C)(C)C)cc2)c(C)nn1-c1[c-]c(Oc2[c-]c3c(cc2)c2ccccc2n3-c2cc(C(F)(F)F)ccn2)ccc1.[Pd+2]. The fourth-order valence-electron chi connectivity index (χ4n) is 5.95. The van der Waals surface area contributed by atoms with Gasteiger partial charge in [0.2, 0.25) is 5.88 Å². The summed E-state index contributed by atoms with van der Waals surface area (Å²) in [6, 6.07) is 33.6. The van der Waals surface area contributed by atoms with Crippen LogP contribution in [0.2, 0.25) is 0 Å². The molecule has 0 spiro atoms. The number of halogens is 3. The van der Waals surface area contributed by atoms with Gasteiger partial charge in [-0.1, -0.05) is 68.8 Å². The van der Waals surface area contributed by atoms with Crippen molar-refractivity contribution < 1.29 is 43.1 Å². The summed E-state index contributed by atoms with van der Waals surface area (Å²) in [6.45, 7) is 8.48. The van der Waals surface area contributed by atoms with Crippen molar-refractivity contribution in [3.05, 3.63) is 126 Å². The maximum Gasteiger partial charge on any atom is 2.00 e. The van der Waals surface area contributed by atoms with Crippen molar-refractivity contribution in [3.8, 4) is 40.0 Å². The van der Waals surface area contributed by atoms with Crippen LogP contribution in [0.3, 0.4) is 0 Å². The summed E-state index contributed by atoms with van der Waals surface area (Å²) in [7, 11) is 1.61. The fraction of sp³-hybridized carbons (Fsp3) is 0.179. The third-order valence-corrected chi connectivity index (χ3v) is 8.31. The summed E-state index contributed by atoms with van der Waals surface area (Å²) in [5, 5.41) is 6.44. The summed E-state index contributed by atoms with van der Waals surface area (Å²) in [6.07, 6.45) is -3.35. The Labute approximate surface area is 295 Å². The molecule has 3 heterocycles. The first-order valence-corrected chi connectivity index (χ1v) is 15.4. The molecule has 3 aromatic heterocycles. The molecule has 0 fully saturated rings. The van der Waals surface area contributed by atoms with Gasteiger partial charge in [0.1, 0.15) is 5.82 Å². The number of aromatic nitrogens is 4. The van der Waals surface area contributed by atoms with E-state index in [1.54, 1.807) is 28.5 Å². The molecule has 0 bridgehead atoms. The number of alkyl halides is 3. The predicted molar refractivity (Wildman–Crippen MR) is 180 cm³/mol. The number of nitrogens with zero attached hydrogens (tertiary/aromatic N) is 4. The number of hydrogen-bond acceptors (Lipinski definition) is 4. The summed E-state index contributed by atoms with van der Waals surface area (Å²) in [4.78, 5) is 4.29. The normalized spacial score (nSPS) is 11.9. The fourth-order valence-corrected chi connectivity index (χ4v) is 5.95. The molecule has 250 valence electrons. The largest absolute Gasteiger partial charge is 2.00 e. The van der Waals surface area contributed by atoms with Crippen LogP contribution in [0, 0.1) is 19.1 Å². The third-order valence-electron chi connectivity index (χ3n) is 8.31. The van der Waals surface area contributed by atoms with E-state index in [0.717, 1.165) is 45.9 Å². The van der Waals surface area contributed by atoms with Crippen molar-refractivity contribution >= 4 is 21.8 Å². The minimum atomic E-state index is -4.51. The van der Waals surface area contributed by atoms with E-state index in [9.17, 15) is 13.2 Å². The van der Waals surface area contributed by atoms with E-state index in [2.05, 4.69) is 62.2 Å². The Kier molecular flexibility index (Phi) is 8.91. The number of para-hydroxylation sites is 1. The quantitative estimate of drug-likeness (QED) is 0.126. The van der Waals surface area contributed by atoms with E-state index in [4.69, 9.17) is 14.6 Å². The maximum atomic E-state index is 13.6. The minimum Gasteiger partial charge on any atom is -0.509 e. The molecule has 0 amide bonds. The van der Waals surface area contributed by atoms with Gasteiger partial charge in [-0.25, -0.2) is 9.67 Å². The molecule has 4 aromatic carbocycles. The van der Waals surface area contributed by atoms with Gasteiger partial charge in [-0.15, -0.1) is 35.7 Å². The van der Waals surface area contributed by atoms with Crippen LogP contribution in [-0.2, 0) is 32.0 Å². The first-order chi connectivity index (χ1) is 22.9. The molecule has 10 heteroatoms. The number of pyridine rings is 1. The van der Waals surface area contributed by atoms with Crippen LogP contribution in [0.15, 0.2) is 97.2 Å². The number of rotatable bonds is 6.